The number of allylic oxidation sites excluding steroid dienone is 1. The van der Waals surface area contributed by atoms with Crippen LogP contribution in [0.5, 0.6) is 0 Å². The average Bonchev–Trinajstić information content (AvgIpc) is 1.85. The molecule has 1 atom stereocenters. The number of rotatable bonds is 5. The van der Waals surface area contributed by atoms with E-state index in [1.165, 1.54) is 25.7 Å². The van der Waals surface area contributed by atoms with E-state index in [9.17, 15) is 0 Å². The second kappa shape index (κ2) is 6.65. The zero-order chi connectivity index (χ0) is 7.11. The van der Waals surface area contributed by atoms with E-state index in [2.05, 4.69) is 13.5 Å². The molecule has 9 heavy (non-hydrogen) atoms. The number of unbranched alkanes of at least 4 members (excludes halogenated alkanes) is 1. The maximum atomic E-state index is 3.72. The van der Waals surface area contributed by atoms with Crippen LogP contribution in [0.3, 0.4) is 0 Å². The number of hydrogen-bond donors (Lipinski definition) is 0. The third-order valence-electron chi connectivity index (χ3n) is 1.33. The summed E-state index contributed by atoms with van der Waals surface area (Å²) >= 11 is 1.95. The van der Waals surface area contributed by atoms with E-state index in [0.717, 1.165) is 3.97 Å². The van der Waals surface area contributed by atoms with Gasteiger partial charge < -0.3 is 0 Å². The summed E-state index contributed by atoms with van der Waals surface area (Å²) in [5, 5.41) is 0. The van der Waals surface area contributed by atoms with Crippen LogP contribution in [0.4, 0.5) is 0 Å². The molecule has 0 N–H and O–H groups in total. The van der Waals surface area contributed by atoms with Crippen LogP contribution in [-0.4, -0.2) is 22.3 Å². The van der Waals surface area contributed by atoms with Crippen molar-refractivity contribution in [1.29, 1.82) is 0 Å². The van der Waals surface area contributed by atoms with Gasteiger partial charge >= 0.3 is 71.5 Å². The summed E-state index contributed by atoms with van der Waals surface area (Å²) in [6.07, 6.45) is 7.33. The van der Waals surface area contributed by atoms with Crippen molar-refractivity contribution in [3.05, 3.63) is 12.7 Å². The van der Waals surface area contributed by atoms with Gasteiger partial charge in [-0.15, -0.1) is 0 Å². The first-order valence-corrected chi connectivity index (χ1v) is 5.07. The normalized spacial score (nSPS) is 13.1. The summed E-state index contributed by atoms with van der Waals surface area (Å²) in [5.74, 6) is 0. The Balaban J connectivity index is 3.04. The molecular formula is C8H16Te. The summed E-state index contributed by atoms with van der Waals surface area (Å²) in [6, 6.07) is 0. The summed E-state index contributed by atoms with van der Waals surface area (Å²) in [5.41, 5.74) is 0. The first kappa shape index (κ1) is 9.53. The van der Waals surface area contributed by atoms with Crippen molar-refractivity contribution in [1.82, 2.24) is 0 Å². The van der Waals surface area contributed by atoms with Gasteiger partial charge in [0.1, 0.15) is 0 Å². The minimum absolute atomic E-state index is 0.899. The molecule has 0 aliphatic heterocycles. The monoisotopic (exact) mass is 242 g/mol. The van der Waals surface area contributed by atoms with Crippen molar-refractivity contribution in [3.8, 4) is 0 Å². The quantitative estimate of drug-likeness (QED) is 0.511. The Hall–Kier alpha value is 0.530. The van der Waals surface area contributed by atoms with Crippen LogP contribution in [-0.2, 0) is 0 Å². The van der Waals surface area contributed by atoms with E-state index in [1.54, 1.807) is 0 Å². The molecule has 0 aromatic heterocycles. The summed E-state index contributed by atoms with van der Waals surface area (Å²) < 4.78 is 0.899. The van der Waals surface area contributed by atoms with Gasteiger partial charge in [-0.1, -0.05) is 0 Å². The molecule has 0 bridgehead atoms. The third kappa shape index (κ3) is 6.41. The van der Waals surface area contributed by atoms with Crippen LogP contribution in [0.15, 0.2) is 12.7 Å². The van der Waals surface area contributed by atoms with Gasteiger partial charge in [0.25, 0.3) is 0 Å². The first-order valence-electron chi connectivity index (χ1n) is 3.60. The Morgan fingerprint density at radius 1 is 1.67 bits per heavy atom. The summed E-state index contributed by atoms with van der Waals surface area (Å²) in [7, 11) is 0. The zero-order valence-corrected chi connectivity index (χ0v) is 8.69. The Morgan fingerprint density at radius 3 is 2.78 bits per heavy atom. The predicted molar refractivity (Wildman–Crippen MR) is 45.2 cm³/mol. The zero-order valence-electron chi connectivity index (χ0n) is 6.14. The Bertz CT molecular complexity index is 69.0. The van der Waals surface area contributed by atoms with Gasteiger partial charge in [0.05, 0.1) is 0 Å². The molecule has 0 rings (SSSR count). The SMILES string of the molecule is C=CCC([TeH])CCCC. The van der Waals surface area contributed by atoms with Crippen LogP contribution in [0.1, 0.15) is 32.6 Å². The van der Waals surface area contributed by atoms with Crippen molar-refractivity contribution < 1.29 is 0 Å². The van der Waals surface area contributed by atoms with Gasteiger partial charge in [-0.2, -0.15) is 0 Å². The fraction of sp³-hybridized carbons (Fsp3) is 0.750. The Labute approximate surface area is 71.6 Å². The molecular weight excluding hydrogens is 224 g/mol. The van der Waals surface area contributed by atoms with E-state index in [0.29, 0.717) is 0 Å². The van der Waals surface area contributed by atoms with Gasteiger partial charge in [-0.3, -0.25) is 0 Å². The molecule has 0 spiro atoms. The predicted octanol–water partition coefficient (Wildman–Crippen LogP) is 2.44. The molecule has 0 saturated carbocycles. The van der Waals surface area contributed by atoms with Crippen molar-refractivity contribution >= 4 is 22.3 Å². The van der Waals surface area contributed by atoms with Gasteiger partial charge in [-0.05, 0) is 0 Å². The van der Waals surface area contributed by atoms with Crippen molar-refractivity contribution in [2.75, 3.05) is 0 Å². The molecule has 1 unspecified atom stereocenters. The minimum atomic E-state index is 0.899. The standard InChI is InChI=1S/C8H16Te/c1-3-5-7-8(9)6-4-2/h4,8-9H,2-3,5-7H2,1H3. The molecule has 0 nitrogen and oxygen atoms in total. The molecule has 0 fully saturated rings. The molecule has 0 aliphatic carbocycles. The summed E-state index contributed by atoms with van der Waals surface area (Å²) in [4.78, 5) is 0. The van der Waals surface area contributed by atoms with Gasteiger partial charge in [-0.25, -0.2) is 0 Å². The van der Waals surface area contributed by atoms with Gasteiger partial charge in [0, 0.05) is 0 Å². The number of hydrogen-bond acceptors (Lipinski definition) is 0. The van der Waals surface area contributed by atoms with Gasteiger partial charge in [0.15, 0.2) is 0 Å². The molecule has 1 heteroatoms. The van der Waals surface area contributed by atoms with Crippen LogP contribution in [0.25, 0.3) is 0 Å². The van der Waals surface area contributed by atoms with Crippen molar-refractivity contribution in [2.45, 2.75) is 36.6 Å². The molecule has 0 amide bonds. The third-order valence-corrected chi connectivity index (χ3v) is 2.67. The molecule has 0 aromatic rings. The molecule has 0 radical (unpaired) electrons. The van der Waals surface area contributed by atoms with E-state index < -0.39 is 0 Å². The Kier molecular flexibility index (Phi) is 7.04. The van der Waals surface area contributed by atoms with E-state index in [4.69, 9.17) is 0 Å². The molecule has 0 heterocycles. The fourth-order valence-corrected chi connectivity index (χ4v) is 1.70. The van der Waals surface area contributed by atoms with Crippen LogP contribution < -0.4 is 0 Å². The van der Waals surface area contributed by atoms with Crippen molar-refractivity contribution in [2.24, 2.45) is 0 Å². The second-order valence-corrected chi connectivity index (χ2v) is 4.40. The molecule has 54 valence electrons. The van der Waals surface area contributed by atoms with E-state index in [-0.39, 0.29) is 0 Å². The van der Waals surface area contributed by atoms with Crippen LogP contribution in [0.2, 0.25) is 3.97 Å². The Morgan fingerprint density at radius 2 is 2.33 bits per heavy atom. The molecule has 0 aliphatic rings. The maximum absolute atomic E-state index is 3.72. The van der Waals surface area contributed by atoms with Crippen LogP contribution in [0, 0.1) is 0 Å². The van der Waals surface area contributed by atoms with E-state index >= 15 is 0 Å². The molecule has 0 aromatic carbocycles. The van der Waals surface area contributed by atoms with Crippen LogP contribution >= 0.6 is 0 Å². The summed E-state index contributed by atoms with van der Waals surface area (Å²) in [6.45, 7) is 5.96. The average molecular weight is 240 g/mol. The second-order valence-electron chi connectivity index (χ2n) is 2.32. The topological polar surface area (TPSA) is 0 Å². The fourth-order valence-electron chi connectivity index (χ4n) is 0.750. The molecule has 0 saturated heterocycles. The van der Waals surface area contributed by atoms with Gasteiger partial charge in [0.2, 0.25) is 0 Å². The van der Waals surface area contributed by atoms with Crippen molar-refractivity contribution in [3.63, 3.8) is 0 Å². The van der Waals surface area contributed by atoms with E-state index in [1.807, 2.05) is 28.4 Å². The first-order chi connectivity index (χ1) is 4.31.